The molecule has 0 bridgehead atoms. The molecule has 9 nitrogen and oxygen atoms in total. The van der Waals surface area contributed by atoms with Crippen molar-refractivity contribution in [2.24, 2.45) is 0 Å². The number of methoxy groups -OCH3 is 1. The van der Waals surface area contributed by atoms with Crippen LogP contribution in [0.15, 0.2) is 59.2 Å². The second-order valence-electron chi connectivity index (χ2n) is 8.51. The van der Waals surface area contributed by atoms with E-state index in [2.05, 4.69) is 15.1 Å². The number of rotatable bonds is 7. The van der Waals surface area contributed by atoms with Gasteiger partial charge in [-0.3, -0.25) is 9.59 Å². The number of amides is 2. The van der Waals surface area contributed by atoms with Gasteiger partial charge in [0, 0.05) is 37.8 Å². The molecule has 1 saturated carbocycles. The molecule has 0 radical (unpaired) electrons. The van der Waals surface area contributed by atoms with Crippen molar-refractivity contribution in [2.45, 2.75) is 18.9 Å². The molecule has 2 fully saturated rings. The lowest BCUT2D eigenvalue weighted by molar-refractivity contribution is -0.132. The summed E-state index contributed by atoms with van der Waals surface area (Å²) in [4.78, 5) is 31.3. The standard InChI is InChI=1S/C25H27N5O4/c1-33-20-8-4-18(5-9-20)21-10-11-23(27-26-21)28-12-14-29(15-13-28)24(31)17-30(19-6-7-19)25(32)22-3-2-16-34-22/h2-5,8-11,16,19H,6-7,12-15,17H2,1H3. The number of piperazine rings is 1. The fourth-order valence-corrected chi connectivity index (χ4v) is 4.14. The largest absolute Gasteiger partial charge is 0.497 e. The van der Waals surface area contributed by atoms with E-state index >= 15 is 0 Å². The Bertz CT molecular complexity index is 1120. The topological polar surface area (TPSA) is 92.0 Å². The molecule has 176 valence electrons. The van der Waals surface area contributed by atoms with Crippen LogP contribution in [0.4, 0.5) is 5.82 Å². The molecule has 0 atom stereocenters. The Labute approximate surface area is 197 Å². The molecule has 0 unspecified atom stereocenters. The molecule has 2 aliphatic rings. The van der Waals surface area contributed by atoms with E-state index in [-0.39, 0.29) is 30.2 Å². The van der Waals surface area contributed by atoms with E-state index in [0.29, 0.717) is 26.2 Å². The van der Waals surface area contributed by atoms with Crippen LogP contribution < -0.4 is 9.64 Å². The van der Waals surface area contributed by atoms with Crippen LogP contribution in [0.2, 0.25) is 0 Å². The summed E-state index contributed by atoms with van der Waals surface area (Å²) in [5.41, 5.74) is 1.76. The van der Waals surface area contributed by atoms with Crippen molar-refractivity contribution < 1.29 is 18.7 Å². The van der Waals surface area contributed by atoms with Gasteiger partial charge in [0.2, 0.25) is 5.91 Å². The first kappa shape index (κ1) is 21.9. The number of ether oxygens (including phenoxy) is 1. The van der Waals surface area contributed by atoms with Gasteiger partial charge in [0.15, 0.2) is 11.6 Å². The van der Waals surface area contributed by atoms with Crippen LogP contribution in [0.25, 0.3) is 11.3 Å². The molecule has 1 aliphatic carbocycles. The zero-order chi connectivity index (χ0) is 23.5. The van der Waals surface area contributed by atoms with E-state index in [9.17, 15) is 9.59 Å². The van der Waals surface area contributed by atoms with Crippen molar-refractivity contribution in [1.82, 2.24) is 20.0 Å². The fraction of sp³-hybridized carbons (Fsp3) is 0.360. The minimum atomic E-state index is -0.216. The minimum Gasteiger partial charge on any atom is -0.497 e. The first-order chi connectivity index (χ1) is 16.6. The Balaban J connectivity index is 1.16. The summed E-state index contributed by atoms with van der Waals surface area (Å²) in [5, 5.41) is 8.78. The van der Waals surface area contributed by atoms with Crippen molar-refractivity contribution in [2.75, 3.05) is 44.7 Å². The molecule has 0 spiro atoms. The van der Waals surface area contributed by atoms with Crippen LogP contribution in [-0.2, 0) is 4.79 Å². The molecule has 3 aromatic rings. The predicted octanol–water partition coefficient (Wildman–Crippen LogP) is 2.70. The SMILES string of the molecule is COc1ccc(-c2ccc(N3CCN(C(=O)CN(C(=O)c4ccco4)C4CC4)CC3)nn2)cc1. The lowest BCUT2D eigenvalue weighted by Crippen LogP contribution is -2.52. The summed E-state index contributed by atoms with van der Waals surface area (Å²) in [7, 11) is 1.64. The maximum absolute atomic E-state index is 13.0. The lowest BCUT2D eigenvalue weighted by atomic mass is 10.1. The van der Waals surface area contributed by atoms with Gasteiger partial charge < -0.3 is 23.9 Å². The normalized spacial score (nSPS) is 15.8. The molecule has 1 saturated heterocycles. The van der Waals surface area contributed by atoms with Crippen LogP contribution in [0, 0.1) is 0 Å². The summed E-state index contributed by atoms with van der Waals surface area (Å²) in [6, 6.07) is 15.1. The summed E-state index contributed by atoms with van der Waals surface area (Å²) >= 11 is 0. The molecule has 1 aromatic carbocycles. The number of aromatic nitrogens is 2. The second kappa shape index (κ2) is 9.54. The number of furan rings is 1. The second-order valence-corrected chi connectivity index (χ2v) is 8.51. The van der Waals surface area contributed by atoms with E-state index in [1.165, 1.54) is 6.26 Å². The highest BCUT2D eigenvalue weighted by atomic mass is 16.5. The number of carbonyl (C=O) groups excluding carboxylic acids is 2. The summed E-state index contributed by atoms with van der Waals surface area (Å²) in [5.74, 6) is 1.61. The van der Waals surface area contributed by atoms with Gasteiger partial charge >= 0.3 is 0 Å². The third kappa shape index (κ3) is 4.73. The number of nitrogens with zero attached hydrogens (tertiary/aromatic N) is 5. The number of carbonyl (C=O) groups is 2. The van der Waals surface area contributed by atoms with E-state index in [1.54, 1.807) is 24.1 Å². The van der Waals surface area contributed by atoms with Gasteiger partial charge in [0.1, 0.15) is 12.3 Å². The van der Waals surface area contributed by atoms with Crippen LogP contribution in [-0.4, -0.2) is 77.7 Å². The van der Waals surface area contributed by atoms with Gasteiger partial charge in [-0.05, 0) is 61.4 Å². The average molecular weight is 462 g/mol. The Kier molecular flexibility index (Phi) is 6.16. The van der Waals surface area contributed by atoms with Gasteiger partial charge in [0.25, 0.3) is 5.91 Å². The fourth-order valence-electron chi connectivity index (χ4n) is 4.14. The number of anilines is 1. The minimum absolute atomic E-state index is 0.0348. The maximum atomic E-state index is 13.0. The first-order valence-corrected chi connectivity index (χ1v) is 11.5. The van der Waals surface area contributed by atoms with Crippen molar-refractivity contribution in [3.8, 4) is 17.0 Å². The molecule has 0 N–H and O–H groups in total. The summed E-state index contributed by atoms with van der Waals surface area (Å²) in [6.45, 7) is 2.57. The Hall–Kier alpha value is -3.88. The van der Waals surface area contributed by atoms with Crippen molar-refractivity contribution in [3.63, 3.8) is 0 Å². The summed E-state index contributed by atoms with van der Waals surface area (Å²) in [6.07, 6.45) is 3.34. The monoisotopic (exact) mass is 461 g/mol. The number of hydrogen-bond donors (Lipinski definition) is 0. The van der Waals surface area contributed by atoms with Gasteiger partial charge in [-0.2, -0.15) is 0 Å². The molecule has 9 heteroatoms. The van der Waals surface area contributed by atoms with Gasteiger partial charge in [-0.25, -0.2) is 0 Å². The zero-order valence-corrected chi connectivity index (χ0v) is 19.1. The Morgan fingerprint density at radius 2 is 1.79 bits per heavy atom. The molecular weight excluding hydrogens is 434 g/mol. The highest BCUT2D eigenvalue weighted by Crippen LogP contribution is 2.28. The highest BCUT2D eigenvalue weighted by molar-refractivity contribution is 5.94. The number of hydrogen-bond acceptors (Lipinski definition) is 7. The van der Waals surface area contributed by atoms with Crippen molar-refractivity contribution in [1.29, 1.82) is 0 Å². The molecule has 5 rings (SSSR count). The molecule has 1 aliphatic heterocycles. The van der Waals surface area contributed by atoms with E-state index < -0.39 is 0 Å². The first-order valence-electron chi connectivity index (χ1n) is 11.5. The maximum Gasteiger partial charge on any atom is 0.290 e. The van der Waals surface area contributed by atoms with Gasteiger partial charge in [-0.1, -0.05) is 0 Å². The van der Waals surface area contributed by atoms with E-state index in [0.717, 1.165) is 35.7 Å². The molecule has 34 heavy (non-hydrogen) atoms. The van der Waals surface area contributed by atoms with Gasteiger partial charge in [-0.15, -0.1) is 10.2 Å². The molecular formula is C25H27N5O4. The van der Waals surface area contributed by atoms with Crippen LogP contribution in [0.1, 0.15) is 23.4 Å². The molecule has 2 amide bonds. The van der Waals surface area contributed by atoms with Crippen molar-refractivity contribution in [3.05, 3.63) is 60.6 Å². The Morgan fingerprint density at radius 3 is 2.38 bits per heavy atom. The lowest BCUT2D eigenvalue weighted by Gasteiger charge is -2.36. The average Bonchev–Trinajstić information content (AvgIpc) is 3.59. The zero-order valence-electron chi connectivity index (χ0n) is 19.1. The van der Waals surface area contributed by atoms with Gasteiger partial charge in [0.05, 0.1) is 19.1 Å². The van der Waals surface area contributed by atoms with Crippen LogP contribution >= 0.6 is 0 Å². The van der Waals surface area contributed by atoms with Crippen LogP contribution in [0.3, 0.4) is 0 Å². The van der Waals surface area contributed by atoms with E-state index in [1.807, 2.05) is 41.3 Å². The van der Waals surface area contributed by atoms with Crippen molar-refractivity contribution >= 4 is 17.6 Å². The summed E-state index contributed by atoms with van der Waals surface area (Å²) < 4.78 is 10.4. The predicted molar refractivity (Wildman–Crippen MR) is 126 cm³/mol. The van der Waals surface area contributed by atoms with E-state index in [4.69, 9.17) is 9.15 Å². The molecule has 2 aromatic heterocycles. The third-order valence-corrected chi connectivity index (χ3v) is 6.28. The Morgan fingerprint density at radius 1 is 1.03 bits per heavy atom. The number of benzene rings is 1. The highest BCUT2D eigenvalue weighted by Gasteiger charge is 2.36. The smallest absolute Gasteiger partial charge is 0.290 e. The van der Waals surface area contributed by atoms with Crippen LogP contribution in [0.5, 0.6) is 5.75 Å². The quantitative estimate of drug-likeness (QED) is 0.534. The third-order valence-electron chi connectivity index (χ3n) is 6.28. The molecule has 3 heterocycles.